The van der Waals surface area contributed by atoms with Crippen molar-refractivity contribution in [2.45, 2.75) is 19.8 Å². The molecule has 1 aromatic rings. The number of hydrogen-bond acceptors (Lipinski definition) is 6. The molecule has 23 heavy (non-hydrogen) atoms. The second kappa shape index (κ2) is 8.62. The van der Waals surface area contributed by atoms with Gasteiger partial charge in [-0.2, -0.15) is 0 Å². The minimum absolute atomic E-state index is 0.0593. The van der Waals surface area contributed by atoms with Crippen LogP contribution in [0.4, 0.5) is 5.69 Å². The van der Waals surface area contributed by atoms with Crippen molar-refractivity contribution in [3.8, 4) is 11.5 Å². The van der Waals surface area contributed by atoms with Crippen LogP contribution < -0.4 is 14.8 Å². The Kier molecular flexibility index (Phi) is 6.85. The molecule has 8 heteroatoms. The lowest BCUT2D eigenvalue weighted by Crippen LogP contribution is -2.17. The molecule has 0 spiro atoms. The Labute approximate surface area is 133 Å². The number of benzene rings is 1. The number of esters is 1. The summed E-state index contributed by atoms with van der Waals surface area (Å²) >= 11 is 0. The van der Waals surface area contributed by atoms with Crippen molar-refractivity contribution >= 4 is 23.5 Å². The summed E-state index contributed by atoms with van der Waals surface area (Å²) in [4.78, 5) is 34.4. The van der Waals surface area contributed by atoms with Crippen molar-refractivity contribution in [1.82, 2.24) is 0 Å². The molecule has 0 fully saturated rings. The lowest BCUT2D eigenvalue weighted by Gasteiger charge is -2.13. The molecule has 8 nitrogen and oxygen atoms in total. The Bertz CT molecular complexity index is 598. The molecule has 0 aliphatic carbocycles. The van der Waals surface area contributed by atoms with Gasteiger partial charge in [0, 0.05) is 18.6 Å². The van der Waals surface area contributed by atoms with E-state index in [2.05, 4.69) is 5.32 Å². The maximum absolute atomic E-state index is 11.9. The molecule has 0 heterocycles. The minimum Gasteiger partial charge on any atom is -0.493 e. The first-order chi connectivity index (χ1) is 10.9. The summed E-state index contributed by atoms with van der Waals surface area (Å²) in [6.07, 6.45) is -0.207. The summed E-state index contributed by atoms with van der Waals surface area (Å²) in [5, 5.41) is 11.7. The quantitative estimate of drug-likeness (QED) is 0.699. The molecule has 0 saturated heterocycles. The van der Waals surface area contributed by atoms with E-state index >= 15 is 0 Å². The summed E-state index contributed by atoms with van der Waals surface area (Å²) in [6, 6.07) is 2.60. The highest BCUT2D eigenvalue weighted by atomic mass is 16.5. The molecule has 0 saturated carbocycles. The molecular weight excluding hydrogens is 306 g/mol. The molecule has 0 aromatic heterocycles. The molecule has 0 aliphatic rings. The molecule has 0 aliphatic heterocycles. The number of anilines is 1. The van der Waals surface area contributed by atoms with E-state index in [0.717, 1.165) is 0 Å². The van der Waals surface area contributed by atoms with Gasteiger partial charge in [-0.1, -0.05) is 0 Å². The van der Waals surface area contributed by atoms with Crippen LogP contribution in [0.5, 0.6) is 11.5 Å². The lowest BCUT2D eigenvalue weighted by molar-refractivity contribution is -0.144. The first kappa shape index (κ1) is 18.3. The van der Waals surface area contributed by atoms with Crippen molar-refractivity contribution in [3.05, 3.63) is 17.7 Å². The number of amides is 1. The Morgan fingerprint density at radius 2 is 1.70 bits per heavy atom. The summed E-state index contributed by atoms with van der Waals surface area (Å²) in [5.74, 6) is -1.72. The predicted octanol–water partition coefficient (Wildman–Crippen LogP) is 1.68. The molecule has 126 valence electrons. The molecule has 1 aromatic carbocycles. The third-order valence-electron chi connectivity index (χ3n) is 2.89. The van der Waals surface area contributed by atoms with Crippen molar-refractivity contribution in [2.75, 3.05) is 26.1 Å². The molecule has 1 amide bonds. The van der Waals surface area contributed by atoms with Crippen LogP contribution in [0.1, 0.15) is 30.1 Å². The Balaban J connectivity index is 2.91. The molecule has 0 bridgehead atoms. The van der Waals surface area contributed by atoms with E-state index in [1.165, 1.54) is 26.4 Å². The van der Waals surface area contributed by atoms with E-state index in [1.54, 1.807) is 6.92 Å². The number of hydrogen-bond donors (Lipinski definition) is 2. The van der Waals surface area contributed by atoms with Crippen LogP contribution in [0.25, 0.3) is 0 Å². The van der Waals surface area contributed by atoms with Crippen LogP contribution >= 0.6 is 0 Å². The number of methoxy groups -OCH3 is 2. The minimum atomic E-state index is -1.23. The predicted molar refractivity (Wildman–Crippen MR) is 81.0 cm³/mol. The zero-order chi connectivity index (χ0) is 17.4. The van der Waals surface area contributed by atoms with Gasteiger partial charge in [-0.3, -0.25) is 9.59 Å². The third kappa shape index (κ3) is 5.17. The van der Waals surface area contributed by atoms with Crippen LogP contribution in [-0.2, 0) is 14.3 Å². The van der Waals surface area contributed by atoms with Crippen LogP contribution in [0.15, 0.2) is 12.1 Å². The maximum Gasteiger partial charge on any atom is 0.337 e. The first-order valence-electron chi connectivity index (χ1n) is 6.87. The number of carboxylic acids is 1. The van der Waals surface area contributed by atoms with Crippen LogP contribution in [-0.4, -0.2) is 43.8 Å². The average Bonchev–Trinajstić information content (AvgIpc) is 2.52. The van der Waals surface area contributed by atoms with Gasteiger partial charge in [0.15, 0.2) is 11.5 Å². The molecule has 0 unspecified atom stereocenters. The van der Waals surface area contributed by atoms with Gasteiger partial charge in [0.05, 0.1) is 38.5 Å². The van der Waals surface area contributed by atoms with E-state index in [9.17, 15) is 19.5 Å². The number of carbonyl (C=O) groups excluding carboxylic acids is 2. The largest absolute Gasteiger partial charge is 0.493 e. The highest BCUT2D eigenvalue weighted by molar-refractivity contribution is 6.01. The topological polar surface area (TPSA) is 111 Å². The highest BCUT2D eigenvalue weighted by Gasteiger charge is 2.18. The van der Waals surface area contributed by atoms with E-state index < -0.39 is 17.8 Å². The molecule has 2 N–H and O–H groups in total. The summed E-state index contributed by atoms with van der Waals surface area (Å²) in [6.45, 7) is 1.90. The van der Waals surface area contributed by atoms with Crippen molar-refractivity contribution in [3.63, 3.8) is 0 Å². The van der Waals surface area contributed by atoms with E-state index in [-0.39, 0.29) is 42.2 Å². The number of nitrogens with one attached hydrogen (secondary N) is 1. The third-order valence-corrected chi connectivity index (χ3v) is 2.89. The second-order valence-corrected chi connectivity index (χ2v) is 4.41. The van der Waals surface area contributed by atoms with Gasteiger partial charge >= 0.3 is 11.9 Å². The fourth-order valence-corrected chi connectivity index (χ4v) is 1.82. The fourth-order valence-electron chi connectivity index (χ4n) is 1.82. The van der Waals surface area contributed by atoms with Gasteiger partial charge in [-0.15, -0.1) is 0 Å². The highest BCUT2D eigenvalue weighted by Crippen LogP contribution is 2.33. The van der Waals surface area contributed by atoms with E-state index in [0.29, 0.717) is 0 Å². The monoisotopic (exact) mass is 325 g/mol. The number of carbonyl (C=O) groups is 3. The maximum atomic E-state index is 11.9. The van der Waals surface area contributed by atoms with E-state index in [4.69, 9.17) is 14.2 Å². The molecule has 0 atom stereocenters. The fraction of sp³-hybridized carbons (Fsp3) is 0.400. The lowest BCUT2D eigenvalue weighted by atomic mass is 10.1. The summed E-state index contributed by atoms with van der Waals surface area (Å²) in [7, 11) is 2.77. The van der Waals surface area contributed by atoms with Gasteiger partial charge < -0.3 is 24.6 Å². The van der Waals surface area contributed by atoms with Crippen LogP contribution in [0.3, 0.4) is 0 Å². The Morgan fingerprint density at radius 3 is 2.22 bits per heavy atom. The summed E-state index contributed by atoms with van der Waals surface area (Å²) < 4.78 is 14.8. The van der Waals surface area contributed by atoms with Crippen molar-refractivity contribution in [1.29, 1.82) is 0 Å². The first-order valence-corrected chi connectivity index (χ1v) is 6.87. The number of carboxylic acid groups (broad SMARTS) is 1. The van der Waals surface area contributed by atoms with Gasteiger partial charge in [-0.05, 0) is 6.92 Å². The van der Waals surface area contributed by atoms with Gasteiger partial charge in [0.25, 0.3) is 0 Å². The number of aromatic carboxylic acids is 1. The zero-order valence-corrected chi connectivity index (χ0v) is 13.2. The smallest absolute Gasteiger partial charge is 0.337 e. The van der Waals surface area contributed by atoms with Crippen LogP contribution in [0, 0.1) is 0 Å². The van der Waals surface area contributed by atoms with Crippen molar-refractivity contribution in [2.24, 2.45) is 0 Å². The van der Waals surface area contributed by atoms with Crippen molar-refractivity contribution < 1.29 is 33.7 Å². The van der Waals surface area contributed by atoms with Gasteiger partial charge in [0.2, 0.25) is 5.91 Å². The number of rotatable bonds is 8. The van der Waals surface area contributed by atoms with Gasteiger partial charge in [-0.25, -0.2) is 4.79 Å². The Morgan fingerprint density at radius 1 is 1.09 bits per heavy atom. The SMILES string of the molecule is CCOC(=O)CCC(=O)Nc1cc(OC)c(OC)cc1C(=O)O. The molecule has 0 radical (unpaired) electrons. The molecule has 1 rings (SSSR count). The summed E-state index contributed by atoms with van der Waals surface area (Å²) in [5.41, 5.74) is -0.0869. The molecular formula is C15H19NO7. The van der Waals surface area contributed by atoms with Gasteiger partial charge in [0.1, 0.15) is 0 Å². The Hall–Kier alpha value is -2.77. The average molecular weight is 325 g/mol. The number of ether oxygens (including phenoxy) is 3. The standard InChI is InChI=1S/C15H19NO7/c1-4-23-14(18)6-5-13(17)16-10-8-12(22-3)11(21-2)7-9(10)15(19)20/h7-8H,4-6H2,1-3H3,(H,16,17)(H,19,20). The normalized spacial score (nSPS) is 9.87. The second-order valence-electron chi connectivity index (χ2n) is 4.41. The van der Waals surface area contributed by atoms with E-state index in [1.807, 2.05) is 0 Å². The zero-order valence-electron chi connectivity index (χ0n) is 13.2. The van der Waals surface area contributed by atoms with Crippen LogP contribution in [0.2, 0.25) is 0 Å².